The summed E-state index contributed by atoms with van der Waals surface area (Å²) in [7, 11) is 0. The van der Waals surface area contributed by atoms with Crippen molar-refractivity contribution in [3.63, 3.8) is 0 Å². The Kier molecular flexibility index (Phi) is 11.2. The number of fused-ring (bicyclic) bond motifs is 5. The Bertz CT molecular complexity index is 968. The number of carbonyl (C=O) groups is 1. The van der Waals surface area contributed by atoms with Gasteiger partial charge in [0.05, 0.1) is 6.10 Å². The Morgan fingerprint density at radius 1 is 0.952 bits per heavy atom. The molecule has 10 atom stereocenters. The van der Waals surface area contributed by atoms with Crippen molar-refractivity contribution >= 4 is 5.97 Å². The third-order valence-electron chi connectivity index (χ3n) is 12.9. The Hall–Kier alpha value is -1.13. The van der Waals surface area contributed by atoms with Gasteiger partial charge in [-0.25, -0.2) is 0 Å². The van der Waals surface area contributed by atoms with E-state index in [9.17, 15) is 15.0 Å². The minimum atomic E-state index is -1.22. The van der Waals surface area contributed by atoms with Gasteiger partial charge in [0.2, 0.25) is 0 Å². The van der Waals surface area contributed by atoms with Crippen molar-refractivity contribution in [2.75, 3.05) is 0 Å². The summed E-state index contributed by atoms with van der Waals surface area (Å²) in [5, 5.41) is 23.1. The molecule has 0 unspecified atom stereocenters. The van der Waals surface area contributed by atoms with E-state index in [1.807, 2.05) is 0 Å². The van der Waals surface area contributed by atoms with Gasteiger partial charge in [0.15, 0.2) is 0 Å². The number of ether oxygens (including phenoxy) is 1. The summed E-state index contributed by atoms with van der Waals surface area (Å²) in [5.41, 5.74) is 0.0661. The molecule has 4 heteroatoms. The molecule has 0 aromatic rings. The van der Waals surface area contributed by atoms with Crippen LogP contribution in [0.3, 0.4) is 0 Å². The Morgan fingerprint density at radius 2 is 1.64 bits per heavy atom. The molecule has 4 nitrogen and oxygen atoms in total. The highest BCUT2D eigenvalue weighted by molar-refractivity contribution is 5.70. The number of hydrogen-bond donors (Lipinski definition) is 2. The molecule has 0 aliphatic heterocycles. The summed E-state index contributed by atoms with van der Waals surface area (Å²) in [6.45, 7) is 16.3. The highest BCUT2D eigenvalue weighted by atomic mass is 16.6. The first-order chi connectivity index (χ1) is 19.9. The largest absolute Gasteiger partial charge is 0.455 e. The fourth-order valence-corrected chi connectivity index (χ4v) is 9.69. The van der Waals surface area contributed by atoms with Gasteiger partial charge in [-0.15, -0.1) is 0 Å². The molecular formula is C38H64O4. The smallest absolute Gasteiger partial charge is 0.306 e. The maximum absolute atomic E-state index is 13.2. The number of aliphatic hydroxyl groups excluding tert-OH is 1. The average Bonchev–Trinajstić information content (AvgIpc) is 3.30. The van der Waals surface area contributed by atoms with Crippen LogP contribution in [0.2, 0.25) is 0 Å². The van der Waals surface area contributed by atoms with Crippen molar-refractivity contribution in [1.82, 2.24) is 0 Å². The van der Waals surface area contributed by atoms with Gasteiger partial charge < -0.3 is 14.9 Å². The van der Waals surface area contributed by atoms with Crippen molar-refractivity contribution in [1.29, 1.82) is 0 Å². The maximum Gasteiger partial charge on any atom is 0.306 e. The molecule has 0 amide bonds. The van der Waals surface area contributed by atoms with E-state index in [-0.39, 0.29) is 17.3 Å². The molecule has 4 aliphatic carbocycles. The lowest BCUT2D eigenvalue weighted by molar-refractivity contribution is -0.222. The summed E-state index contributed by atoms with van der Waals surface area (Å²) >= 11 is 0. The first-order valence-electron chi connectivity index (χ1n) is 17.9. The van der Waals surface area contributed by atoms with Gasteiger partial charge in [-0.3, -0.25) is 4.79 Å². The summed E-state index contributed by atoms with van der Waals surface area (Å²) in [6, 6.07) is 0. The van der Waals surface area contributed by atoms with Crippen LogP contribution in [0.4, 0.5) is 0 Å². The molecule has 0 spiro atoms. The number of aliphatic hydroxyl groups is 2. The summed E-state index contributed by atoms with van der Waals surface area (Å²) in [6.07, 6.45) is 20.9. The fourth-order valence-electron chi connectivity index (χ4n) is 9.69. The van der Waals surface area contributed by atoms with E-state index in [4.69, 9.17) is 4.74 Å². The zero-order valence-electron chi connectivity index (χ0n) is 28.2. The second kappa shape index (κ2) is 13.9. The van der Waals surface area contributed by atoms with Crippen molar-refractivity contribution in [3.8, 4) is 0 Å². The van der Waals surface area contributed by atoms with Crippen LogP contribution in [0.25, 0.3) is 0 Å². The van der Waals surface area contributed by atoms with Crippen molar-refractivity contribution in [2.45, 2.75) is 163 Å². The van der Waals surface area contributed by atoms with Gasteiger partial charge in [0, 0.05) is 18.3 Å². The first kappa shape index (κ1) is 33.8. The molecule has 42 heavy (non-hydrogen) atoms. The summed E-state index contributed by atoms with van der Waals surface area (Å²) < 4.78 is 6.23. The summed E-state index contributed by atoms with van der Waals surface area (Å²) in [4.78, 5) is 13.2. The van der Waals surface area contributed by atoms with Crippen LogP contribution >= 0.6 is 0 Å². The lowest BCUT2D eigenvalue weighted by atomic mass is 9.45. The van der Waals surface area contributed by atoms with Crippen LogP contribution in [0.5, 0.6) is 0 Å². The number of hydrogen-bond acceptors (Lipinski definition) is 4. The van der Waals surface area contributed by atoms with Gasteiger partial charge in [-0.05, 0) is 91.9 Å². The third-order valence-corrected chi connectivity index (χ3v) is 12.9. The maximum atomic E-state index is 13.2. The molecule has 0 radical (unpaired) electrons. The van der Waals surface area contributed by atoms with Crippen LogP contribution in [0, 0.1) is 46.3 Å². The molecule has 0 aromatic carbocycles. The van der Waals surface area contributed by atoms with Gasteiger partial charge in [0.25, 0.3) is 0 Å². The minimum absolute atomic E-state index is 0.194. The van der Waals surface area contributed by atoms with Crippen LogP contribution in [0.15, 0.2) is 23.8 Å². The predicted molar refractivity (Wildman–Crippen MR) is 173 cm³/mol. The molecule has 0 saturated heterocycles. The van der Waals surface area contributed by atoms with Crippen LogP contribution in [0.1, 0.15) is 145 Å². The van der Waals surface area contributed by atoms with Crippen molar-refractivity contribution < 1.29 is 19.7 Å². The highest BCUT2D eigenvalue weighted by Crippen LogP contribution is 2.67. The molecule has 3 saturated carbocycles. The molecule has 240 valence electrons. The molecule has 2 N–H and O–H groups in total. The summed E-state index contributed by atoms with van der Waals surface area (Å²) in [5.74, 6) is 2.98. The van der Waals surface area contributed by atoms with Gasteiger partial charge >= 0.3 is 5.97 Å². The SMILES string of the molecule is CCCCCCCCCC(=O)O[C@@H]1C=C2[C@@H]3CC[C@H]([C@H](C)/C=C/[C@H](C)C(C)C)[C@@]3(C)CC[C@@H]2[C@@]2(C)CC[C@H](O)C[C@]12O. The number of allylic oxidation sites excluding steroid dienone is 3. The Morgan fingerprint density at radius 3 is 2.33 bits per heavy atom. The molecule has 3 fully saturated rings. The second-order valence-electron chi connectivity index (χ2n) is 15.9. The van der Waals surface area contributed by atoms with Gasteiger partial charge in [-0.2, -0.15) is 0 Å². The van der Waals surface area contributed by atoms with Crippen LogP contribution < -0.4 is 0 Å². The number of carbonyl (C=O) groups excluding carboxylic acids is 1. The standard InChI is InChI=1S/C38H64O4/c1-8-9-10-11-12-13-14-15-35(40)42-34-24-30-32-19-18-31(28(5)17-16-27(4)26(2)3)36(32,6)22-21-33(30)37(7)23-20-29(39)25-38(34,37)41/h16-17,24,26-29,31-34,39,41H,8-15,18-23,25H2,1-7H3/b17-16+/t27-,28+,29-,31+,32-,33-,34+,36+,37+,38-/m0/s1. The van der Waals surface area contributed by atoms with E-state index >= 15 is 0 Å². The molecule has 0 heterocycles. The lowest BCUT2D eigenvalue weighted by Gasteiger charge is -2.62. The van der Waals surface area contributed by atoms with E-state index in [2.05, 4.69) is 66.7 Å². The molecular weight excluding hydrogens is 520 g/mol. The highest BCUT2D eigenvalue weighted by Gasteiger charge is 2.66. The lowest BCUT2D eigenvalue weighted by Crippen LogP contribution is -2.66. The van der Waals surface area contributed by atoms with E-state index in [1.54, 1.807) is 0 Å². The van der Waals surface area contributed by atoms with E-state index in [0.29, 0.717) is 48.9 Å². The predicted octanol–water partition coefficient (Wildman–Crippen LogP) is 9.19. The number of unbranched alkanes of at least 4 members (excludes halogenated alkanes) is 6. The molecule has 0 aromatic heterocycles. The zero-order chi connectivity index (χ0) is 30.7. The van der Waals surface area contributed by atoms with E-state index in [0.717, 1.165) is 25.7 Å². The minimum Gasteiger partial charge on any atom is -0.455 e. The van der Waals surface area contributed by atoms with E-state index in [1.165, 1.54) is 56.9 Å². The van der Waals surface area contributed by atoms with Gasteiger partial charge in [-0.1, -0.05) is 105 Å². The van der Waals surface area contributed by atoms with Crippen molar-refractivity contribution in [3.05, 3.63) is 23.8 Å². The molecule has 4 aliphatic rings. The normalized spacial score (nSPS) is 39.4. The number of rotatable bonds is 13. The first-order valence-corrected chi connectivity index (χ1v) is 17.9. The average molecular weight is 585 g/mol. The van der Waals surface area contributed by atoms with Crippen LogP contribution in [-0.4, -0.2) is 34.0 Å². The molecule has 0 bridgehead atoms. The monoisotopic (exact) mass is 584 g/mol. The van der Waals surface area contributed by atoms with Crippen LogP contribution in [-0.2, 0) is 9.53 Å². The zero-order valence-corrected chi connectivity index (χ0v) is 28.2. The topological polar surface area (TPSA) is 66.8 Å². The Balaban J connectivity index is 1.53. The van der Waals surface area contributed by atoms with Gasteiger partial charge in [0.1, 0.15) is 11.7 Å². The van der Waals surface area contributed by atoms with Crippen molar-refractivity contribution in [2.24, 2.45) is 46.3 Å². The Labute approximate surface area is 258 Å². The fraction of sp³-hybridized carbons (Fsp3) is 0.868. The third kappa shape index (κ3) is 6.60. The number of esters is 1. The van der Waals surface area contributed by atoms with E-state index < -0.39 is 23.2 Å². The molecule has 4 rings (SSSR count). The quantitative estimate of drug-likeness (QED) is 0.129. The second-order valence-corrected chi connectivity index (χ2v) is 15.9.